The van der Waals surface area contributed by atoms with E-state index in [2.05, 4.69) is 48.3 Å². The molecule has 7 nitrogen and oxygen atoms in total. The maximum absolute atomic E-state index is 11.0. The van der Waals surface area contributed by atoms with Crippen molar-refractivity contribution >= 4 is 34.0 Å². The third kappa shape index (κ3) is 3.35. The van der Waals surface area contributed by atoms with Gasteiger partial charge in [-0.1, -0.05) is 11.7 Å². The van der Waals surface area contributed by atoms with Gasteiger partial charge in [-0.3, -0.25) is 5.32 Å². The molecule has 0 fully saturated rings. The van der Waals surface area contributed by atoms with Gasteiger partial charge in [0.05, 0.1) is 17.8 Å². The number of methoxy groups -OCH3 is 1. The van der Waals surface area contributed by atoms with E-state index >= 15 is 0 Å². The van der Waals surface area contributed by atoms with Crippen molar-refractivity contribution in [3.05, 3.63) is 40.5 Å². The summed E-state index contributed by atoms with van der Waals surface area (Å²) in [5.74, 6) is 0.899. The maximum Gasteiger partial charge on any atom is 0.365 e. The summed E-state index contributed by atoms with van der Waals surface area (Å²) in [5.41, 5.74) is 1.06. The van der Waals surface area contributed by atoms with E-state index in [1.54, 1.807) is 13.2 Å². The number of carbonyl (C=O) groups excluding carboxylic acids is 1. The summed E-state index contributed by atoms with van der Waals surface area (Å²) in [4.78, 5) is 11.0. The van der Waals surface area contributed by atoms with E-state index in [-0.39, 0.29) is 11.5 Å². The number of amides is 2. The highest BCUT2D eigenvalue weighted by molar-refractivity contribution is 9.10. The largest absolute Gasteiger partial charge is 0.496 e. The first-order chi connectivity index (χ1) is 9.60. The SMILES string of the molecule is C=C1N=NC(=O)N/C1=N/N=C/c1ccc(OC)c(Br)c1. The van der Waals surface area contributed by atoms with E-state index in [1.807, 2.05) is 12.1 Å². The van der Waals surface area contributed by atoms with Gasteiger partial charge >= 0.3 is 6.03 Å². The average molecular weight is 336 g/mol. The van der Waals surface area contributed by atoms with Gasteiger partial charge in [-0.25, -0.2) is 4.79 Å². The number of nitrogens with one attached hydrogen (secondary N) is 1. The van der Waals surface area contributed by atoms with Gasteiger partial charge in [-0.2, -0.15) is 5.10 Å². The number of amidine groups is 1. The Hall–Kier alpha value is -2.35. The fourth-order valence-corrected chi connectivity index (χ4v) is 1.91. The van der Waals surface area contributed by atoms with Crippen molar-refractivity contribution in [1.29, 1.82) is 0 Å². The second-order valence-electron chi connectivity index (χ2n) is 3.66. The first-order valence-electron chi connectivity index (χ1n) is 5.46. The number of hydrogen-bond donors (Lipinski definition) is 1. The summed E-state index contributed by atoms with van der Waals surface area (Å²) in [6, 6.07) is 4.85. The van der Waals surface area contributed by atoms with E-state index in [4.69, 9.17) is 4.74 Å². The van der Waals surface area contributed by atoms with Gasteiger partial charge in [-0.15, -0.1) is 10.2 Å². The molecule has 1 heterocycles. The number of hydrogen-bond acceptors (Lipinski definition) is 5. The number of halogens is 1. The molecule has 2 amide bonds. The lowest BCUT2D eigenvalue weighted by Gasteiger charge is -2.06. The van der Waals surface area contributed by atoms with Gasteiger partial charge in [0.2, 0.25) is 0 Å². The number of rotatable bonds is 3. The van der Waals surface area contributed by atoms with Crippen LogP contribution in [0.3, 0.4) is 0 Å². The molecule has 0 radical (unpaired) electrons. The van der Waals surface area contributed by atoms with Crippen molar-refractivity contribution in [1.82, 2.24) is 5.32 Å². The lowest BCUT2D eigenvalue weighted by molar-refractivity contribution is 0.251. The van der Waals surface area contributed by atoms with Crippen LogP contribution < -0.4 is 10.1 Å². The number of nitrogens with zero attached hydrogens (tertiary/aromatic N) is 4. The topological polar surface area (TPSA) is 87.8 Å². The third-order valence-electron chi connectivity index (χ3n) is 2.30. The van der Waals surface area contributed by atoms with Crippen molar-refractivity contribution in [2.75, 3.05) is 7.11 Å². The molecule has 0 bridgehead atoms. The fraction of sp³-hybridized carbons (Fsp3) is 0.0833. The van der Waals surface area contributed by atoms with Crippen LogP contribution >= 0.6 is 15.9 Å². The smallest absolute Gasteiger partial charge is 0.365 e. The van der Waals surface area contributed by atoms with E-state index in [9.17, 15) is 4.79 Å². The number of benzene rings is 1. The molecular weight excluding hydrogens is 326 g/mol. The summed E-state index contributed by atoms with van der Waals surface area (Å²) >= 11 is 3.37. The molecule has 0 aromatic heterocycles. The zero-order valence-electron chi connectivity index (χ0n) is 10.5. The predicted octanol–water partition coefficient (Wildman–Crippen LogP) is 2.88. The quantitative estimate of drug-likeness (QED) is 0.679. The second kappa shape index (κ2) is 6.20. The van der Waals surface area contributed by atoms with Gasteiger partial charge in [0, 0.05) is 0 Å². The molecule has 2 rings (SSSR count). The molecule has 0 aliphatic carbocycles. The summed E-state index contributed by atoms with van der Waals surface area (Å²) in [6.45, 7) is 3.59. The first kappa shape index (κ1) is 14.1. The standard InChI is InChI=1S/C12H10BrN5O2/c1-7-11(15-12(19)18-16-7)17-14-6-8-3-4-10(20-2)9(13)5-8/h3-6H,1H2,2H3,(H,15,17,19)/b14-6+. The third-order valence-corrected chi connectivity index (χ3v) is 2.92. The highest BCUT2D eigenvalue weighted by Crippen LogP contribution is 2.24. The molecule has 0 atom stereocenters. The predicted molar refractivity (Wildman–Crippen MR) is 78.3 cm³/mol. The second-order valence-corrected chi connectivity index (χ2v) is 4.52. The van der Waals surface area contributed by atoms with Crippen LogP contribution in [0.2, 0.25) is 0 Å². The zero-order valence-corrected chi connectivity index (χ0v) is 12.1. The van der Waals surface area contributed by atoms with E-state index in [0.29, 0.717) is 0 Å². The van der Waals surface area contributed by atoms with E-state index in [1.165, 1.54) is 6.21 Å². The molecule has 1 aliphatic rings. The van der Waals surface area contributed by atoms with Gasteiger partial charge in [-0.05, 0) is 39.7 Å². The van der Waals surface area contributed by atoms with Crippen LogP contribution in [-0.2, 0) is 0 Å². The molecule has 0 saturated carbocycles. The number of carbonyl (C=O) groups is 1. The monoisotopic (exact) mass is 335 g/mol. The average Bonchev–Trinajstić information content (AvgIpc) is 2.43. The van der Waals surface area contributed by atoms with Gasteiger partial charge in [0.1, 0.15) is 11.4 Å². The summed E-state index contributed by atoms with van der Waals surface area (Å²) in [7, 11) is 1.59. The highest BCUT2D eigenvalue weighted by atomic mass is 79.9. The van der Waals surface area contributed by atoms with Crippen molar-refractivity contribution in [3.8, 4) is 5.75 Å². The number of ether oxygens (including phenoxy) is 1. The summed E-state index contributed by atoms with van der Waals surface area (Å²) < 4.78 is 5.93. The van der Waals surface area contributed by atoms with E-state index < -0.39 is 6.03 Å². The van der Waals surface area contributed by atoms with Crippen molar-refractivity contribution < 1.29 is 9.53 Å². The van der Waals surface area contributed by atoms with Crippen molar-refractivity contribution in [2.45, 2.75) is 0 Å². The fourth-order valence-electron chi connectivity index (χ4n) is 1.35. The minimum Gasteiger partial charge on any atom is -0.496 e. The minimum absolute atomic E-state index is 0.175. The van der Waals surface area contributed by atoms with Gasteiger partial charge in [0.25, 0.3) is 0 Å². The van der Waals surface area contributed by atoms with Crippen LogP contribution in [0.1, 0.15) is 5.56 Å². The molecule has 102 valence electrons. The van der Waals surface area contributed by atoms with Crippen molar-refractivity contribution in [3.63, 3.8) is 0 Å². The normalized spacial score (nSPS) is 16.8. The zero-order chi connectivity index (χ0) is 14.5. The molecule has 20 heavy (non-hydrogen) atoms. The Bertz CT molecular complexity index is 651. The molecule has 0 saturated heterocycles. The van der Waals surface area contributed by atoms with Crippen molar-refractivity contribution in [2.24, 2.45) is 20.4 Å². The Morgan fingerprint density at radius 1 is 1.45 bits per heavy atom. The van der Waals surface area contributed by atoms with E-state index in [0.717, 1.165) is 15.8 Å². The lowest BCUT2D eigenvalue weighted by Crippen LogP contribution is -2.31. The summed E-state index contributed by atoms with van der Waals surface area (Å²) in [6.07, 6.45) is 1.53. The van der Waals surface area contributed by atoms with Crippen LogP contribution in [0.5, 0.6) is 5.75 Å². The van der Waals surface area contributed by atoms with Crippen LogP contribution in [-0.4, -0.2) is 25.2 Å². The maximum atomic E-state index is 11.0. The molecule has 1 aromatic rings. The first-order valence-corrected chi connectivity index (χ1v) is 6.26. The molecule has 1 aliphatic heterocycles. The van der Waals surface area contributed by atoms with Gasteiger partial charge in [0.15, 0.2) is 5.84 Å². The van der Waals surface area contributed by atoms with Crippen LogP contribution in [0, 0.1) is 0 Å². The molecular formula is C12H10BrN5O2. The molecule has 1 N–H and O–H groups in total. The Morgan fingerprint density at radius 2 is 2.25 bits per heavy atom. The Labute approximate surface area is 123 Å². The molecule has 8 heteroatoms. The molecule has 0 unspecified atom stereocenters. The lowest BCUT2D eigenvalue weighted by atomic mass is 10.2. The molecule has 1 aromatic carbocycles. The van der Waals surface area contributed by atoms with Crippen LogP contribution in [0.4, 0.5) is 4.79 Å². The van der Waals surface area contributed by atoms with Crippen LogP contribution in [0.25, 0.3) is 0 Å². The Balaban J connectivity index is 2.14. The minimum atomic E-state index is -0.599. The molecule has 0 spiro atoms. The van der Waals surface area contributed by atoms with Crippen LogP contribution in [0.15, 0.2) is 55.4 Å². The number of urea groups is 1. The number of azo groups is 1. The summed E-state index contributed by atoms with van der Waals surface area (Å²) in [5, 5.41) is 16.9. The highest BCUT2D eigenvalue weighted by Gasteiger charge is 2.13. The van der Waals surface area contributed by atoms with Gasteiger partial charge < -0.3 is 4.74 Å². The Kier molecular flexibility index (Phi) is 4.36. The Morgan fingerprint density at radius 3 is 2.95 bits per heavy atom.